The number of pyridine rings is 1. The Balaban J connectivity index is 2.33. The zero-order valence-electron chi connectivity index (χ0n) is 12.6. The van der Waals surface area contributed by atoms with E-state index in [9.17, 15) is 0 Å². The van der Waals surface area contributed by atoms with E-state index in [0.29, 0.717) is 0 Å². The highest BCUT2D eigenvalue weighted by Gasteiger charge is 2.18. The summed E-state index contributed by atoms with van der Waals surface area (Å²) in [5.41, 5.74) is 2.36. The highest BCUT2D eigenvalue weighted by Crippen LogP contribution is 2.21. The maximum Gasteiger partial charge on any atom is 0.130 e. The van der Waals surface area contributed by atoms with Crippen LogP contribution in [0.1, 0.15) is 49.7 Å². The Morgan fingerprint density at radius 3 is 2.80 bits per heavy atom. The molecule has 2 heterocycles. The second kappa shape index (κ2) is 7.20. The van der Waals surface area contributed by atoms with Crippen LogP contribution >= 0.6 is 0 Å². The molecule has 1 unspecified atom stereocenters. The highest BCUT2D eigenvalue weighted by atomic mass is 15.1. The zero-order chi connectivity index (χ0) is 14.4. The first-order valence-corrected chi connectivity index (χ1v) is 7.42. The van der Waals surface area contributed by atoms with Gasteiger partial charge in [0.05, 0.1) is 6.04 Å². The van der Waals surface area contributed by atoms with Crippen molar-refractivity contribution in [1.82, 2.24) is 19.9 Å². The normalized spacial score (nSPS) is 12.6. The van der Waals surface area contributed by atoms with Gasteiger partial charge in [0.15, 0.2) is 0 Å². The van der Waals surface area contributed by atoms with Crippen molar-refractivity contribution in [2.24, 2.45) is 0 Å². The first-order valence-electron chi connectivity index (χ1n) is 7.42. The maximum atomic E-state index is 4.57. The van der Waals surface area contributed by atoms with Crippen molar-refractivity contribution in [3.05, 3.63) is 47.8 Å². The van der Waals surface area contributed by atoms with Gasteiger partial charge in [-0.25, -0.2) is 4.98 Å². The monoisotopic (exact) mass is 272 g/mol. The number of hydrogen-bond donors (Lipinski definition) is 1. The maximum absolute atomic E-state index is 4.57. The van der Waals surface area contributed by atoms with Crippen molar-refractivity contribution in [3.8, 4) is 0 Å². The minimum Gasteiger partial charge on any atom is -0.333 e. The summed E-state index contributed by atoms with van der Waals surface area (Å²) in [4.78, 5) is 8.89. The van der Waals surface area contributed by atoms with Gasteiger partial charge in [-0.3, -0.25) is 4.98 Å². The van der Waals surface area contributed by atoms with E-state index in [-0.39, 0.29) is 6.04 Å². The van der Waals surface area contributed by atoms with E-state index in [2.05, 4.69) is 52.9 Å². The van der Waals surface area contributed by atoms with Crippen molar-refractivity contribution in [3.63, 3.8) is 0 Å². The SMILES string of the molecule is CCCNC(c1cncc(C)c1)c1nccn1CCC. The number of aryl methyl sites for hydroxylation is 2. The molecule has 0 saturated heterocycles. The predicted octanol–water partition coefficient (Wildman–Crippen LogP) is 3.09. The summed E-state index contributed by atoms with van der Waals surface area (Å²) in [5, 5.41) is 3.59. The van der Waals surface area contributed by atoms with E-state index < -0.39 is 0 Å². The second-order valence-electron chi connectivity index (χ2n) is 5.16. The molecule has 1 atom stereocenters. The van der Waals surface area contributed by atoms with E-state index >= 15 is 0 Å². The Kier molecular flexibility index (Phi) is 5.30. The van der Waals surface area contributed by atoms with Gasteiger partial charge in [-0.15, -0.1) is 0 Å². The number of nitrogens with zero attached hydrogens (tertiary/aromatic N) is 3. The highest BCUT2D eigenvalue weighted by molar-refractivity contribution is 5.25. The van der Waals surface area contributed by atoms with Gasteiger partial charge in [-0.05, 0) is 37.4 Å². The zero-order valence-corrected chi connectivity index (χ0v) is 12.6. The number of rotatable bonds is 7. The number of imidazole rings is 1. The molecule has 2 rings (SSSR count). The van der Waals surface area contributed by atoms with Crippen molar-refractivity contribution >= 4 is 0 Å². The molecule has 1 N–H and O–H groups in total. The fourth-order valence-electron chi connectivity index (χ4n) is 2.39. The quantitative estimate of drug-likeness (QED) is 0.842. The molecule has 0 aliphatic rings. The smallest absolute Gasteiger partial charge is 0.130 e. The predicted molar refractivity (Wildman–Crippen MR) is 81.6 cm³/mol. The van der Waals surface area contributed by atoms with E-state index in [1.165, 1.54) is 11.1 Å². The lowest BCUT2D eigenvalue weighted by Crippen LogP contribution is -2.26. The van der Waals surface area contributed by atoms with Gasteiger partial charge in [0.1, 0.15) is 5.82 Å². The molecular formula is C16H24N4. The van der Waals surface area contributed by atoms with Crippen molar-refractivity contribution in [1.29, 1.82) is 0 Å². The van der Waals surface area contributed by atoms with Crippen LogP contribution in [0, 0.1) is 6.92 Å². The van der Waals surface area contributed by atoms with Gasteiger partial charge in [-0.2, -0.15) is 0 Å². The molecule has 0 bridgehead atoms. The molecule has 0 spiro atoms. The van der Waals surface area contributed by atoms with E-state index in [0.717, 1.165) is 31.8 Å². The first-order chi connectivity index (χ1) is 9.76. The molecule has 0 amide bonds. The molecule has 4 heteroatoms. The molecule has 108 valence electrons. The Labute approximate surface area is 121 Å². The van der Waals surface area contributed by atoms with Crippen LogP contribution in [0.15, 0.2) is 30.9 Å². The minimum atomic E-state index is 0.115. The van der Waals surface area contributed by atoms with Crippen LogP contribution < -0.4 is 5.32 Å². The second-order valence-corrected chi connectivity index (χ2v) is 5.16. The third kappa shape index (κ3) is 3.45. The van der Waals surface area contributed by atoms with E-state index in [1.807, 2.05) is 18.6 Å². The number of nitrogens with one attached hydrogen (secondary N) is 1. The van der Waals surface area contributed by atoms with Gasteiger partial charge in [0.2, 0.25) is 0 Å². The van der Waals surface area contributed by atoms with Crippen molar-refractivity contribution in [2.45, 2.75) is 46.2 Å². The van der Waals surface area contributed by atoms with E-state index in [1.54, 1.807) is 0 Å². The summed E-state index contributed by atoms with van der Waals surface area (Å²) < 4.78 is 2.23. The third-order valence-electron chi connectivity index (χ3n) is 3.30. The van der Waals surface area contributed by atoms with Crippen LogP contribution in [-0.2, 0) is 6.54 Å². The fraction of sp³-hybridized carbons (Fsp3) is 0.500. The number of aromatic nitrogens is 3. The van der Waals surface area contributed by atoms with Crippen LogP contribution in [0.3, 0.4) is 0 Å². The van der Waals surface area contributed by atoms with E-state index in [4.69, 9.17) is 0 Å². The molecule has 2 aromatic heterocycles. The van der Waals surface area contributed by atoms with Crippen molar-refractivity contribution in [2.75, 3.05) is 6.54 Å². The van der Waals surface area contributed by atoms with Gasteiger partial charge in [-0.1, -0.05) is 19.9 Å². The minimum absolute atomic E-state index is 0.115. The van der Waals surface area contributed by atoms with Crippen LogP contribution in [-0.4, -0.2) is 21.1 Å². The Morgan fingerprint density at radius 2 is 2.10 bits per heavy atom. The van der Waals surface area contributed by atoms with Crippen molar-refractivity contribution < 1.29 is 0 Å². The topological polar surface area (TPSA) is 42.7 Å². The Morgan fingerprint density at radius 1 is 1.25 bits per heavy atom. The summed E-state index contributed by atoms with van der Waals surface area (Å²) in [7, 11) is 0. The molecule has 0 fully saturated rings. The fourth-order valence-corrected chi connectivity index (χ4v) is 2.39. The first kappa shape index (κ1) is 14.7. The molecule has 4 nitrogen and oxygen atoms in total. The average molecular weight is 272 g/mol. The lowest BCUT2D eigenvalue weighted by molar-refractivity contribution is 0.529. The summed E-state index contributed by atoms with van der Waals surface area (Å²) in [6.45, 7) is 8.41. The lowest BCUT2D eigenvalue weighted by atomic mass is 10.1. The largest absolute Gasteiger partial charge is 0.333 e. The molecule has 20 heavy (non-hydrogen) atoms. The Hall–Kier alpha value is -1.68. The molecule has 2 aromatic rings. The Bertz CT molecular complexity index is 533. The summed E-state index contributed by atoms with van der Waals surface area (Å²) in [6.07, 6.45) is 9.97. The average Bonchev–Trinajstić information content (AvgIpc) is 2.88. The van der Waals surface area contributed by atoms with Gasteiger partial charge < -0.3 is 9.88 Å². The molecular weight excluding hydrogens is 248 g/mol. The van der Waals surface area contributed by atoms with Gasteiger partial charge >= 0.3 is 0 Å². The standard InChI is InChI=1S/C16H24N4/c1-4-6-18-15(14-10-13(3)11-17-12-14)16-19-7-9-20(16)8-5-2/h7,9-12,15,18H,4-6,8H2,1-3H3. The van der Waals surface area contributed by atoms with Crippen LogP contribution in [0.4, 0.5) is 0 Å². The summed E-state index contributed by atoms with van der Waals surface area (Å²) in [6, 6.07) is 2.30. The summed E-state index contributed by atoms with van der Waals surface area (Å²) in [5.74, 6) is 1.08. The van der Waals surface area contributed by atoms with Crippen LogP contribution in [0.25, 0.3) is 0 Å². The molecule has 0 aromatic carbocycles. The number of hydrogen-bond acceptors (Lipinski definition) is 3. The van der Waals surface area contributed by atoms with Gasteiger partial charge in [0, 0.05) is 31.3 Å². The molecule has 0 saturated carbocycles. The molecule has 0 aliphatic carbocycles. The third-order valence-corrected chi connectivity index (χ3v) is 3.30. The van der Waals surface area contributed by atoms with Crippen LogP contribution in [0.2, 0.25) is 0 Å². The van der Waals surface area contributed by atoms with Gasteiger partial charge in [0.25, 0.3) is 0 Å². The molecule has 0 radical (unpaired) electrons. The summed E-state index contributed by atoms with van der Waals surface area (Å²) >= 11 is 0. The lowest BCUT2D eigenvalue weighted by Gasteiger charge is -2.20. The van der Waals surface area contributed by atoms with Crippen LogP contribution in [0.5, 0.6) is 0 Å². The molecule has 0 aliphatic heterocycles.